The number of aryl methyl sites for hydroxylation is 1. The van der Waals surface area contributed by atoms with Gasteiger partial charge in [0, 0.05) is 23.6 Å². The zero-order valence-corrected chi connectivity index (χ0v) is 13.9. The van der Waals surface area contributed by atoms with Crippen LogP contribution in [-0.2, 0) is 6.54 Å². The number of halogens is 2. The van der Waals surface area contributed by atoms with E-state index in [-0.39, 0.29) is 11.9 Å². The molecule has 1 unspecified atom stereocenters. The molecule has 0 spiro atoms. The van der Waals surface area contributed by atoms with Crippen LogP contribution in [0.25, 0.3) is 0 Å². The first kappa shape index (κ1) is 16.1. The van der Waals surface area contributed by atoms with Crippen molar-refractivity contribution in [1.29, 1.82) is 0 Å². The Kier molecular flexibility index (Phi) is 5.51. The highest BCUT2D eigenvalue weighted by molar-refractivity contribution is 9.10. The zero-order valence-electron chi connectivity index (χ0n) is 12.3. The van der Waals surface area contributed by atoms with Crippen LogP contribution in [0.4, 0.5) is 4.39 Å². The average Bonchev–Trinajstić information content (AvgIpc) is 2.46. The number of hydrogen-bond acceptors (Lipinski definition) is 2. The lowest BCUT2D eigenvalue weighted by atomic mass is 10.0. The number of nitrogens with zero attached hydrogens (tertiary/aromatic N) is 1. The van der Waals surface area contributed by atoms with Crippen LogP contribution < -0.4 is 5.73 Å². The van der Waals surface area contributed by atoms with E-state index in [1.54, 1.807) is 19.1 Å². The van der Waals surface area contributed by atoms with E-state index in [0.29, 0.717) is 12.1 Å². The highest BCUT2D eigenvalue weighted by Gasteiger charge is 2.16. The molecule has 2 rings (SSSR count). The molecular weight excluding hydrogens is 331 g/mol. The lowest BCUT2D eigenvalue weighted by molar-refractivity contribution is 0.241. The van der Waals surface area contributed by atoms with E-state index in [4.69, 9.17) is 5.73 Å². The molecule has 2 nitrogen and oxygen atoms in total. The van der Waals surface area contributed by atoms with E-state index < -0.39 is 0 Å². The van der Waals surface area contributed by atoms with Crippen molar-refractivity contribution >= 4 is 15.9 Å². The molecule has 0 saturated heterocycles. The van der Waals surface area contributed by atoms with E-state index in [1.165, 1.54) is 5.56 Å². The molecule has 2 N–H and O–H groups in total. The fourth-order valence-electron chi connectivity index (χ4n) is 2.37. The largest absolute Gasteiger partial charge is 0.329 e. The van der Waals surface area contributed by atoms with E-state index in [9.17, 15) is 4.39 Å². The Morgan fingerprint density at radius 3 is 2.43 bits per heavy atom. The molecule has 0 heterocycles. The summed E-state index contributed by atoms with van der Waals surface area (Å²) >= 11 is 3.43. The summed E-state index contributed by atoms with van der Waals surface area (Å²) in [7, 11) is 2.01. The second kappa shape index (κ2) is 7.16. The molecular formula is C17H20BrFN2. The summed E-state index contributed by atoms with van der Waals surface area (Å²) in [5, 5.41) is 0. The number of benzene rings is 2. The standard InChI is InChI=1S/C17H20BrFN2/c1-12-3-6-14(9-16(12)19)17(10-20)21(2)11-13-4-7-15(18)8-5-13/h3-9,17H,10-11,20H2,1-2H3. The summed E-state index contributed by atoms with van der Waals surface area (Å²) in [6, 6.07) is 13.5. The van der Waals surface area contributed by atoms with Gasteiger partial charge in [-0.05, 0) is 48.9 Å². The third-order valence-electron chi connectivity index (χ3n) is 3.68. The predicted octanol–water partition coefficient (Wildman–Crippen LogP) is 4.03. The summed E-state index contributed by atoms with van der Waals surface area (Å²) in [4.78, 5) is 2.15. The lowest BCUT2D eigenvalue weighted by Gasteiger charge is -2.27. The Morgan fingerprint density at radius 1 is 1.19 bits per heavy atom. The Hall–Kier alpha value is -1.23. The quantitative estimate of drug-likeness (QED) is 0.881. The van der Waals surface area contributed by atoms with Crippen molar-refractivity contribution < 1.29 is 4.39 Å². The molecule has 2 aromatic rings. The van der Waals surface area contributed by atoms with Gasteiger partial charge in [-0.3, -0.25) is 4.90 Å². The molecule has 0 aliphatic rings. The summed E-state index contributed by atoms with van der Waals surface area (Å²) in [6.45, 7) is 2.99. The second-order valence-corrected chi connectivity index (χ2v) is 6.22. The maximum Gasteiger partial charge on any atom is 0.126 e. The molecule has 0 amide bonds. The topological polar surface area (TPSA) is 29.3 Å². The molecule has 0 saturated carbocycles. The third kappa shape index (κ3) is 4.13. The van der Waals surface area contributed by atoms with E-state index in [2.05, 4.69) is 33.0 Å². The van der Waals surface area contributed by atoms with Crippen LogP contribution in [0, 0.1) is 12.7 Å². The molecule has 0 aromatic heterocycles. The third-order valence-corrected chi connectivity index (χ3v) is 4.21. The minimum absolute atomic E-state index is 0.00347. The van der Waals surface area contributed by atoms with Crippen molar-refractivity contribution in [2.24, 2.45) is 5.73 Å². The lowest BCUT2D eigenvalue weighted by Crippen LogP contribution is -2.30. The van der Waals surface area contributed by atoms with Crippen LogP contribution in [0.15, 0.2) is 46.9 Å². The fraction of sp³-hybridized carbons (Fsp3) is 0.294. The predicted molar refractivity (Wildman–Crippen MR) is 88.5 cm³/mol. The minimum atomic E-state index is -0.178. The van der Waals surface area contributed by atoms with Crippen LogP contribution in [0.1, 0.15) is 22.7 Å². The van der Waals surface area contributed by atoms with Crippen molar-refractivity contribution in [2.75, 3.05) is 13.6 Å². The van der Waals surface area contributed by atoms with Crippen LogP contribution in [0.3, 0.4) is 0 Å². The number of rotatable bonds is 5. The van der Waals surface area contributed by atoms with Gasteiger partial charge in [-0.2, -0.15) is 0 Å². The Balaban J connectivity index is 2.15. The number of nitrogens with two attached hydrogens (primary N) is 1. The molecule has 21 heavy (non-hydrogen) atoms. The van der Waals surface area contributed by atoms with Crippen molar-refractivity contribution in [2.45, 2.75) is 19.5 Å². The van der Waals surface area contributed by atoms with Gasteiger partial charge in [0.25, 0.3) is 0 Å². The van der Waals surface area contributed by atoms with Gasteiger partial charge in [-0.25, -0.2) is 4.39 Å². The van der Waals surface area contributed by atoms with Crippen molar-refractivity contribution in [3.63, 3.8) is 0 Å². The molecule has 0 aliphatic carbocycles. The highest BCUT2D eigenvalue weighted by atomic mass is 79.9. The van der Waals surface area contributed by atoms with Gasteiger partial charge < -0.3 is 5.73 Å². The number of likely N-dealkylation sites (N-methyl/N-ethyl adjacent to an activating group) is 1. The van der Waals surface area contributed by atoms with Crippen molar-refractivity contribution in [3.8, 4) is 0 Å². The zero-order chi connectivity index (χ0) is 15.4. The molecule has 2 aromatic carbocycles. The van der Waals surface area contributed by atoms with Crippen molar-refractivity contribution in [1.82, 2.24) is 4.90 Å². The number of hydrogen-bond donors (Lipinski definition) is 1. The first-order valence-electron chi connectivity index (χ1n) is 6.92. The Morgan fingerprint density at radius 2 is 1.86 bits per heavy atom. The summed E-state index contributed by atoms with van der Waals surface area (Å²) in [5.41, 5.74) is 8.68. The van der Waals surface area contributed by atoms with Crippen LogP contribution in [0.2, 0.25) is 0 Å². The molecule has 0 aliphatic heterocycles. The first-order chi connectivity index (χ1) is 10.0. The van der Waals surface area contributed by atoms with Crippen molar-refractivity contribution in [3.05, 3.63) is 69.4 Å². The average molecular weight is 351 g/mol. The van der Waals surface area contributed by atoms with Crippen LogP contribution >= 0.6 is 15.9 Å². The van der Waals surface area contributed by atoms with Gasteiger partial charge in [0.1, 0.15) is 5.82 Å². The van der Waals surface area contributed by atoms with E-state index in [1.807, 2.05) is 25.2 Å². The molecule has 0 bridgehead atoms. The van der Waals surface area contributed by atoms with Gasteiger partial charge in [0.05, 0.1) is 0 Å². The molecule has 0 fully saturated rings. The maximum absolute atomic E-state index is 13.7. The van der Waals surface area contributed by atoms with Gasteiger partial charge in [0.15, 0.2) is 0 Å². The minimum Gasteiger partial charge on any atom is -0.329 e. The highest BCUT2D eigenvalue weighted by Crippen LogP contribution is 2.23. The van der Waals surface area contributed by atoms with E-state index in [0.717, 1.165) is 16.6 Å². The molecule has 4 heteroatoms. The van der Waals surface area contributed by atoms with Gasteiger partial charge in [-0.1, -0.05) is 40.2 Å². The fourth-order valence-corrected chi connectivity index (χ4v) is 2.64. The van der Waals surface area contributed by atoms with Gasteiger partial charge >= 0.3 is 0 Å². The normalized spacial score (nSPS) is 12.7. The summed E-state index contributed by atoms with van der Waals surface area (Å²) in [5.74, 6) is -0.178. The van der Waals surface area contributed by atoms with Crippen LogP contribution in [-0.4, -0.2) is 18.5 Å². The van der Waals surface area contributed by atoms with Gasteiger partial charge in [-0.15, -0.1) is 0 Å². The Labute approximate surface area is 133 Å². The van der Waals surface area contributed by atoms with Crippen LogP contribution in [0.5, 0.6) is 0 Å². The summed E-state index contributed by atoms with van der Waals surface area (Å²) in [6.07, 6.45) is 0. The monoisotopic (exact) mass is 350 g/mol. The second-order valence-electron chi connectivity index (χ2n) is 5.30. The van der Waals surface area contributed by atoms with E-state index >= 15 is 0 Å². The summed E-state index contributed by atoms with van der Waals surface area (Å²) < 4.78 is 14.8. The smallest absolute Gasteiger partial charge is 0.126 e. The first-order valence-corrected chi connectivity index (χ1v) is 7.71. The SMILES string of the molecule is Cc1ccc(C(CN)N(C)Cc2ccc(Br)cc2)cc1F. The Bertz CT molecular complexity index is 598. The maximum atomic E-state index is 13.7. The van der Waals surface area contributed by atoms with Gasteiger partial charge in [0.2, 0.25) is 0 Å². The molecule has 0 radical (unpaired) electrons. The molecule has 112 valence electrons. The molecule has 1 atom stereocenters.